The molecule has 5 nitrogen and oxygen atoms in total. The first kappa shape index (κ1) is 17.1. The van der Waals surface area contributed by atoms with Gasteiger partial charge in [0.05, 0.1) is 5.60 Å². The van der Waals surface area contributed by atoms with Crippen LogP contribution in [0.1, 0.15) is 11.1 Å². The van der Waals surface area contributed by atoms with Crippen LogP contribution in [0, 0.1) is 5.82 Å². The number of ether oxygens (including phenoxy) is 1. The predicted octanol–water partition coefficient (Wildman–Crippen LogP) is 2.06. The minimum atomic E-state index is -0.840. The average Bonchev–Trinajstić information content (AvgIpc) is 2.99. The highest BCUT2D eigenvalue weighted by molar-refractivity contribution is 6.39. The number of anilines is 1. The highest BCUT2D eigenvalue weighted by Gasteiger charge is 2.37. The van der Waals surface area contributed by atoms with Gasteiger partial charge in [-0.3, -0.25) is 9.59 Å². The maximum absolute atomic E-state index is 13.1. The molecule has 0 bridgehead atoms. The van der Waals surface area contributed by atoms with Crippen LogP contribution in [-0.2, 0) is 27.2 Å². The van der Waals surface area contributed by atoms with E-state index in [0.29, 0.717) is 12.8 Å². The van der Waals surface area contributed by atoms with Crippen molar-refractivity contribution in [1.82, 2.24) is 5.32 Å². The van der Waals surface area contributed by atoms with Crippen molar-refractivity contribution >= 4 is 17.5 Å². The molecule has 0 aliphatic heterocycles. The molecule has 0 fully saturated rings. The van der Waals surface area contributed by atoms with E-state index in [2.05, 4.69) is 10.6 Å². The van der Waals surface area contributed by atoms with Crippen molar-refractivity contribution < 1.29 is 18.7 Å². The van der Waals surface area contributed by atoms with E-state index in [4.69, 9.17) is 4.74 Å². The molecule has 1 aliphatic carbocycles. The van der Waals surface area contributed by atoms with E-state index >= 15 is 0 Å². The van der Waals surface area contributed by atoms with Crippen LogP contribution in [0.25, 0.3) is 0 Å². The largest absolute Gasteiger partial charge is 0.376 e. The molecule has 0 atom stereocenters. The molecule has 2 aromatic rings. The summed E-state index contributed by atoms with van der Waals surface area (Å²) in [4.78, 5) is 24.0. The van der Waals surface area contributed by atoms with Crippen LogP contribution in [0.4, 0.5) is 10.1 Å². The molecular weight excluding hydrogens is 323 g/mol. The second-order valence-corrected chi connectivity index (χ2v) is 6.16. The third-order valence-electron chi connectivity index (χ3n) is 4.44. The van der Waals surface area contributed by atoms with Gasteiger partial charge in [-0.05, 0) is 29.3 Å². The van der Waals surface area contributed by atoms with Crippen LogP contribution in [0.5, 0.6) is 0 Å². The summed E-state index contributed by atoms with van der Waals surface area (Å²) in [5.74, 6) is -2.11. The van der Waals surface area contributed by atoms with E-state index in [1.165, 1.54) is 29.3 Å². The molecule has 2 amide bonds. The first-order chi connectivity index (χ1) is 12.0. The van der Waals surface area contributed by atoms with Crippen molar-refractivity contribution in [3.8, 4) is 0 Å². The van der Waals surface area contributed by atoms with Gasteiger partial charge in [-0.25, -0.2) is 4.39 Å². The number of hydrogen-bond acceptors (Lipinski definition) is 3. The Balaban J connectivity index is 1.59. The molecule has 0 heterocycles. The normalized spacial score (nSPS) is 14.6. The van der Waals surface area contributed by atoms with Gasteiger partial charge in [0, 0.05) is 32.2 Å². The summed E-state index contributed by atoms with van der Waals surface area (Å²) in [5.41, 5.74) is 2.04. The molecule has 3 rings (SSSR count). The Morgan fingerprint density at radius 1 is 1.08 bits per heavy atom. The van der Waals surface area contributed by atoms with Crippen molar-refractivity contribution in [1.29, 1.82) is 0 Å². The van der Waals surface area contributed by atoms with E-state index < -0.39 is 23.2 Å². The lowest BCUT2D eigenvalue weighted by Gasteiger charge is -2.27. The summed E-state index contributed by atoms with van der Waals surface area (Å²) in [6.45, 7) is 0.216. The van der Waals surface area contributed by atoms with Gasteiger partial charge in [0.2, 0.25) is 0 Å². The number of hydrogen-bond donors (Lipinski definition) is 2. The lowest BCUT2D eigenvalue weighted by Crippen LogP contribution is -2.48. The summed E-state index contributed by atoms with van der Waals surface area (Å²) in [6.07, 6.45) is 1.34. The monoisotopic (exact) mass is 342 g/mol. The number of nitrogens with one attached hydrogen (secondary N) is 2. The van der Waals surface area contributed by atoms with E-state index in [9.17, 15) is 14.0 Å². The van der Waals surface area contributed by atoms with Crippen LogP contribution >= 0.6 is 0 Å². The Morgan fingerprint density at radius 2 is 1.76 bits per heavy atom. The molecule has 25 heavy (non-hydrogen) atoms. The summed E-state index contributed by atoms with van der Waals surface area (Å²) >= 11 is 0. The SMILES string of the molecule is COC1(CNC(=O)C(=O)Nc2cccc(F)c2)Cc2ccccc2C1. The number of amides is 2. The number of carbonyl (C=O) groups excluding carboxylic acids is 2. The second-order valence-electron chi connectivity index (χ2n) is 6.16. The fourth-order valence-electron chi connectivity index (χ4n) is 3.08. The molecule has 6 heteroatoms. The zero-order valence-electron chi connectivity index (χ0n) is 13.8. The molecule has 0 saturated heterocycles. The highest BCUT2D eigenvalue weighted by Crippen LogP contribution is 2.32. The zero-order valence-corrected chi connectivity index (χ0v) is 13.8. The van der Waals surface area contributed by atoms with Crippen molar-refractivity contribution in [3.05, 3.63) is 65.5 Å². The van der Waals surface area contributed by atoms with E-state index in [-0.39, 0.29) is 12.2 Å². The Kier molecular flexibility index (Phi) is 4.81. The third kappa shape index (κ3) is 3.85. The predicted molar refractivity (Wildman–Crippen MR) is 91.6 cm³/mol. The van der Waals surface area contributed by atoms with Gasteiger partial charge in [0.15, 0.2) is 0 Å². The number of rotatable bonds is 4. The Morgan fingerprint density at radius 3 is 2.36 bits per heavy atom. The molecule has 0 radical (unpaired) electrons. The van der Waals surface area contributed by atoms with Gasteiger partial charge in [-0.15, -0.1) is 0 Å². The quantitative estimate of drug-likeness (QED) is 0.836. The third-order valence-corrected chi connectivity index (χ3v) is 4.44. The number of carbonyl (C=O) groups is 2. The molecule has 0 saturated carbocycles. The molecular formula is C19H19FN2O3. The van der Waals surface area contributed by atoms with Crippen LogP contribution < -0.4 is 10.6 Å². The second kappa shape index (κ2) is 7.03. The lowest BCUT2D eigenvalue weighted by atomic mass is 10.00. The van der Waals surface area contributed by atoms with Crippen LogP contribution in [0.15, 0.2) is 48.5 Å². The number of benzene rings is 2. The zero-order chi connectivity index (χ0) is 17.9. The molecule has 2 aromatic carbocycles. The molecule has 0 spiro atoms. The highest BCUT2D eigenvalue weighted by atomic mass is 19.1. The smallest absolute Gasteiger partial charge is 0.313 e. The van der Waals surface area contributed by atoms with E-state index in [1.807, 2.05) is 24.3 Å². The first-order valence-electron chi connectivity index (χ1n) is 7.98. The molecule has 2 N–H and O–H groups in total. The fraction of sp³-hybridized carbons (Fsp3) is 0.263. The topological polar surface area (TPSA) is 67.4 Å². The van der Waals surface area contributed by atoms with Crippen LogP contribution in [-0.4, -0.2) is 31.1 Å². The molecule has 1 aliphatic rings. The Labute approximate surface area is 145 Å². The van der Waals surface area contributed by atoms with Crippen molar-refractivity contribution in [3.63, 3.8) is 0 Å². The minimum Gasteiger partial charge on any atom is -0.376 e. The molecule has 0 aromatic heterocycles. The van der Waals surface area contributed by atoms with Gasteiger partial charge in [-0.2, -0.15) is 0 Å². The minimum absolute atomic E-state index is 0.216. The lowest BCUT2D eigenvalue weighted by molar-refractivity contribution is -0.137. The number of fused-ring (bicyclic) bond motifs is 1. The van der Waals surface area contributed by atoms with Crippen molar-refractivity contribution in [2.45, 2.75) is 18.4 Å². The number of methoxy groups -OCH3 is 1. The standard InChI is InChI=1S/C19H19FN2O3/c1-25-19(10-13-5-2-3-6-14(13)11-19)12-21-17(23)18(24)22-16-8-4-7-15(20)9-16/h2-9H,10-12H2,1H3,(H,21,23)(H,22,24). The fourth-order valence-corrected chi connectivity index (χ4v) is 3.08. The van der Waals surface area contributed by atoms with Crippen molar-refractivity contribution in [2.75, 3.05) is 19.0 Å². The maximum atomic E-state index is 13.1. The summed E-state index contributed by atoms with van der Waals surface area (Å²) in [7, 11) is 1.60. The van der Waals surface area contributed by atoms with Gasteiger partial charge < -0.3 is 15.4 Å². The van der Waals surface area contributed by atoms with E-state index in [1.54, 1.807) is 7.11 Å². The number of halogens is 1. The van der Waals surface area contributed by atoms with Crippen molar-refractivity contribution in [2.24, 2.45) is 0 Å². The van der Waals surface area contributed by atoms with Crippen LogP contribution in [0.3, 0.4) is 0 Å². The van der Waals surface area contributed by atoms with Gasteiger partial charge in [0.25, 0.3) is 0 Å². The molecule has 130 valence electrons. The maximum Gasteiger partial charge on any atom is 0.313 e. The van der Waals surface area contributed by atoms with Gasteiger partial charge in [0.1, 0.15) is 5.82 Å². The average molecular weight is 342 g/mol. The van der Waals surface area contributed by atoms with Gasteiger partial charge >= 0.3 is 11.8 Å². The van der Waals surface area contributed by atoms with E-state index in [0.717, 1.165) is 6.07 Å². The Bertz CT molecular complexity index is 782. The van der Waals surface area contributed by atoms with Gasteiger partial charge in [-0.1, -0.05) is 30.3 Å². The first-order valence-corrected chi connectivity index (χ1v) is 7.98. The van der Waals surface area contributed by atoms with Crippen LogP contribution in [0.2, 0.25) is 0 Å². The summed E-state index contributed by atoms with van der Waals surface area (Å²) in [5, 5.41) is 4.99. The summed E-state index contributed by atoms with van der Waals surface area (Å²) in [6, 6.07) is 13.4. The Hall–Kier alpha value is -2.73. The molecule has 0 unspecified atom stereocenters. The summed E-state index contributed by atoms with van der Waals surface area (Å²) < 4.78 is 18.8.